The Labute approximate surface area is 111 Å². The monoisotopic (exact) mass is 254 g/mol. The normalized spacial score (nSPS) is 27.9. The molecule has 2 atom stereocenters. The van der Waals surface area contributed by atoms with Crippen molar-refractivity contribution in [3.8, 4) is 6.07 Å². The second-order valence-electron chi connectivity index (χ2n) is 5.65. The Hall–Kier alpha value is -0.630. The van der Waals surface area contributed by atoms with Gasteiger partial charge in [0.15, 0.2) is 0 Å². The van der Waals surface area contributed by atoms with Crippen LogP contribution in [0.15, 0.2) is 0 Å². The third kappa shape index (κ3) is 4.93. The third-order valence-electron chi connectivity index (χ3n) is 3.14. The average Bonchev–Trinajstić information content (AvgIpc) is 2.68. The minimum absolute atomic E-state index is 0.187. The van der Waals surface area contributed by atoms with Crippen molar-refractivity contribution in [3.63, 3.8) is 0 Å². The van der Waals surface area contributed by atoms with Crippen molar-refractivity contribution < 1.29 is 9.47 Å². The van der Waals surface area contributed by atoms with Gasteiger partial charge in [0, 0.05) is 12.5 Å². The van der Waals surface area contributed by atoms with Crippen LogP contribution in [0.2, 0.25) is 0 Å². The Bertz CT molecular complexity index is 286. The van der Waals surface area contributed by atoms with Crippen LogP contribution in [0.5, 0.6) is 0 Å². The van der Waals surface area contributed by atoms with Gasteiger partial charge in [0.25, 0.3) is 0 Å². The third-order valence-corrected chi connectivity index (χ3v) is 3.14. The molecular formula is C14H26N2O2. The molecule has 0 aromatic heterocycles. The SMILES string of the molecule is CC(C)NC1(C#N)CCC(OCCOC(C)C)C1. The summed E-state index contributed by atoms with van der Waals surface area (Å²) in [6.45, 7) is 9.43. The number of hydrogen-bond acceptors (Lipinski definition) is 4. The van der Waals surface area contributed by atoms with Crippen molar-refractivity contribution in [1.29, 1.82) is 5.26 Å². The van der Waals surface area contributed by atoms with E-state index < -0.39 is 5.54 Å². The number of hydrogen-bond donors (Lipinski definition) is 1. The Balaban J connectivity index is 2.29. The summed E-state index contributed by atoms with van der Waals surface area (Å²) < 4.78 is 11.2. The standard InChI is InChI=1S/C14H26N2O2/c1-11(2)16-14(10-15)6-5-13(9-14)18-8-7-17-12(3)4/h11-13,16H,5-9H2,1-4H3. The molecule has 1 aliphatic carbocycles. The van der Waals surface area contributed by atoms with Crippen LogP contribution in [0.25, 0.3) is 0 Å². The average molecular weight is 254 g/mol. The molecule has 0 spiro atoms. The Morgan fingerprint density at radius 2 is 2.06 bits per heavy atom. The summed E-state index contributed by atoms with van der Waals surface area (Å²) in [6.07, 6.45) is 3.04. The van der Waals surface area contributed by atoms with Crippen LogP contribution in [-0.2, 0) is 9.47 Å². The lowest BCUT2D eigenvalue weighted by Gasteiger charge is -2.25. The fraction of sp³-hybridized carbons (Fsp3) is 0.929. The van der Waals surface area contributed by atoms with Crippen LogP contribution in [-0.4, -0.2) is 37.0 Å². The van der Waals surface area contributed by atoms with Crippen LogP contribution < -0.4 is 5.32 Å². The lowest BCUT2D eigenvalue weighted by atomic mass is 9.98. The number of rotatable bonds is 7. The van der Waals surface area contributed by atoms with E-state index in [1.54, 1.807) is 0 Å². The molecule has 0 aromatic carbocycles. The summed E-state index contributed by atoms with van der Waals surface area (Å²) in [5.41, 5.74) is -0.391. The van der Waals surface area contributed by atoms with Crippen molar-refractivity contribution in [1.82, 2.24) is 5.32 Å². The van der Waals surface area contributed by atoms with Crippen molar-refractivity contribution in [2.75, 3.05) is 13.2 Å². The van der Waals surface area contributed by atoms with Gasteiger partial charge in [-0.05, 0) is 40.5 Å². The summed E-state index contributed by atoms with van der Waals surface area (Å²) >= 11 is 0. The molecule has 1 rings (SSSR count). The molecule has 1 aliphatic rings. The minimum atomic E-state index is -0.391. The van der Waals surface area contributed by atoms with E-state index in [-0.39, 0.29) is 12.2 Å². The quantitative estimate of drug-likeness (QED) is 0.708. The molecule has 0 radical (unpaired) electrons. The van der Waals surface area contributed by atoms with Crippen LogP contribution >= 0.6 is 0 Å². The van der Waals surface area contributed by atoms with Crippen molar-refractivity contribution in [2.24, 2.45) is 0 Å². The Kier molecular flexibility index (Phi) is 6.07. The zero-order valence-electron chi connectivity index (χ0n) is 12.0. The second-order valence-corrected chi connectivity index (χ2v) is 5.65. The largest absolute Gasteiger partial charge is 0.376 e. The highest BCUT2D eigenvalue weighted by Crippen LogP contribution is 2.31. The van der Waals surface area contributed by atoms with Crippen LogP contribution in [0.3, 0.4) is 0 Å². The maximum absolute atomic E-state index is 9.33. The van der Waals surface area contributed by atoms with Gasteiger partial charge in [0.05, 0.1) is 31.5 Å². The number of nitriles is 1. The summed E-state index contributed by atoms with van der Waals surface area (Å²) in [6, 6.07) is 2.75. The van der Waals surface area contributed by atoms with Gasteiger partial charge < -0.3 is 9.47 Å². The number of ether oxygens (including phenoxy) is 2. The number of nitrogens with one attached hydrogen (secondary N) is 1. The fourth-order valence-corrected chi connectivity index (χ4v) is 2.46. The van der Waals surface area contributed by atoms with E-state index in [0.29, 0.717) is 19.3 Å². The van der Waals surface area contributed by atoms with E-state index in [9.17, 15) is 5.26 Å². The van der Waals surface area contributed by atoms with E-state index in [1.807, 2.05) is 13.8 Å². The van der Waals surface area contributed by atoms with Gasteiger partial charge in [-0.2, -0.15) is 5.26 Å². The smallest absolute Gasteiger partial charge is 0.109 e. The fourth-order valence-electron chi connectivity index (χ4n) is 2.46. The van der Waals surface area contributed by atoms with Gasteiger partial charge in [-0.15, -0.1) is 0 Å². The molecule has 0 bridgehead atoms. The molecule has 18 heavy (non-hydrogen) atoms. The van der Waals surface area contributed by atoms with Crippen LogP contribution in [0.1, 0.15) is 47.0 Å². The van der Waals surface area contributed by atoms with E-state index in [1.165, 1.54) is 0 Å². The van der Waals surface area contributed by atoms with E-state index in [0.717, 1.165) is 19.3 Å². The molecule has 1 fully saturated rings. The van der Waals surface area contributed by atoms with Crippen LogP contribution in [0, 0.1) is 11.3 Å². The molecule has 4 heteroatoms. The van der Waals surface area contributed by atoms with Gasteiger partial charge in [-0.3, -0.25) is 5.32 Å². The first-order valence-corrected chi connectivity index (χ1v) is 6.89. The first-order valence-electron chi connectivity index (χ1n) is 6.89. The summed E-state index contributed by atoms with van der Waals surface area (Å²) in [7, 11) is 0. The van der Waals surface area contributed by atoms with Gasteiger partial charge in [-0.25, -0.2) is 0 Å². The lowest BCUT2D eigenvalue weighted by molar-refractivity contribution is -0.0115. The van der Waals surface area contributed by atoms with Gasteiger partial charge in [0.2, 0.25) is 0 Å². The molecule has 0 aromatic rings. The highest BCUT2D eigenvalue weighted by atomic mass is 16.5. The maximum atomic E-state index is 9.33. The predicted molar refractivity (Wildman–Crippen MR) is 71.3 cm³/mol. The van der Waals surface area contributed by atoms with Gasteiger partial charge >= 0.3 is 0 Å². The highest BCUT2D eigenvalue weighted by Gasteiger charge is 2.40. The maximum Gasteiger partial charge on any atom is 0.109 e. The first kappa shape index (κ1) is 15.4. The topological polar surface area (TPSA) is 54.3 Å². The predicted octanol–water partition coefficient (Wildman–Crippen LogP) is 2.24. The van der Waals surface area contributed by atoms with E-state index >= 15 is 0 Å². The Morgan fingerprint density at radius 3 is 2.61 bits per heavy atom. The van der Waals surface area contributed by atoms with Crippen molar-refractivity contribution in [3.05, 3.63) is 0 Å². The molecule has 0 saturated heterocycles. The van der Waals surface area contributed by atoms with Crippen LogP contribution in [0.4, 0.5) is 0 Å². The zero-order valence-corrected chi connectivity index (χ0v) is 12.0. The molecule has 0 heterocycles. The van der Waals surface area contributed by atoms with Gasteiger partial charge in [-0.1, -0.05) is 0 Å². The molecule has 1 N–H and O–H groups in total. The minimum Gasteiger partial charge on any atom is -0.376 e. The molecule has 104 valence electrons. The molecule has 0 amide bonds. The molecule has 1 saturated carbocycles. The zero-order chi connectivity index (χ0) is 13.6. The van der Waals surface area contributed by atoms with Crippen molar-refractivity contribution in [2.45, 2.75) is 70.7 Å². The first-order chi connectivity index (χ1) is 8.47. The van der Waals surface area contributed by atoms with E-state index in [2.05, 4.69) is 25.2 Å². The Morgan fingerprint density at radius 1 is 1.33 bits per heavy atom. The molecular weight excluding hydrogens is 228 g/mol. The van der Waals surface area contributed by atoms with Gasteiger partial charge in [0.1, 0.15) is 5.54 Å². The van der Waals surface area contributed by atoms with E-state index in [4.69, 9.17) is 9.47 Å². The lowest BCUT2D eigenvalue weighted by Crippen LogP contribution is -2.45. The summed E-state index contributed by atoms with van der Waals surface area (Å²) in [5, 5.41) is 12.7. The second kappa shape index (κ2) is 7.08. The highest BCUT2D eigenvalue weighted by molar-refractivity contribution is 5.12. The molecule has 0 aliphatic heterocycles. The summed E-state index contributed by atoms with van der Waals surface area (Å²) in [5.74, 6) is 0. The molecule has 2 unspecified atom stereocenters. The number of nitrogens with zero attached hydrogens (tertiary/aromatic N) is 1. The molecule has 4 nitrogen and oxygen atoms in total. The summed E-state index contributed by atoms with van der Waals surface area (Å²) in [4.78, 5) is 0. The van der Waals surface area contributed by atoms with Crippen molar-refractivity contribution >= 4 is 0 Å².